The summed E-state index contributed by atoms with van der Waals surface area (Å²) in [6, 6.07) is 8.86. The Kier molecular flexibility index (Phi) is 3.80. The number of aromatic amines is 1. The standard InChI is InChI=1S/C15H22N4/c1-19-9-5-4-6-12(19)10-16-11-15-17-13-7-2-3-8-14(13)18-15/h2-3,7-8,12,16H,4-6,9-11H2,1H3,(H,17,18). The van der Waals surface area contributed by atoms with E-state index in [-0.39, 0.29) is 0 Å². The van der Waals surface area contributed by atoms with Crippen molar-refractivity contribution in [2.75, 3.05) is 20.1 Å². The number of likely N-dealkylation sites (N-methyl/N-ethyl adjacent to an activating group) is 1. The highest BCUT2D eigenvalue weighted by atomic mass is 15.2. The van der Waals surface area contributed by atoms with Crippen molar-refractivity contribution in [2.45, 2.75) is 31.8 Å². The molecule has 0 radical (unpaired) electrons. The van der Waals surface area contributed by atoms with Gasteiger partial charge in [-0.25, -0.2) is 4.98 Å². The van der Waals surface area contributed by atoms with Gasteiger partial charge in [0.1, 0.15) is 5.82 Å². The first-order valence-electron chi connectivity index (χ1n) is 7.17. The fourth-order valence-electron chi connectivity index (χ4n) is 2.85. The molecule has 1 aromatic carbocycles. The average molecular weight is 258 g/mol. The molecule has 2 heterocycles. The third kappa shape index (κ3) is 2.96. The molecule has 1 aliphatic heterocycles. The van der Waals surface area contributed by atoms with Gasteiger partial charge in [-0.3, -0.25) is 0 Å². The maximum absolute atomic E-state index is 4.58. The number of nitrogens with one attached hydrogen (secondary N) is 2. The number of nitrogens with zero attached hydrogens (tertiary/aromatic N) is 2. The van der Waals surface area contributed by atoms with E-state index in [1.54, 1.807) is 0 Å². The Balaban J connectivity index is 1.54. The van der Waals surface area contributed by atoms with Crippen LogP contribution in [0.4, 0.5) is 0 Å². The Morgan fingerprint density at radius 1 is 1.37 bits per heavy atom. The monoisotopic (exact) mass is 258 g/mol. The van der Waals surface area contributed by atoms with Crippen molar-refractivity contribution in [2.24, 2.45) is 0 Å². The van der Waals surface area contributed by atoms with E-state index in [4.69, 9.17) is 0 Å². The van der Waals surface area contributed by atoms with Gasteiger partial charge < -0.3 is 15.2 Å². The van der Waals surface area contributed by atoms with Gasteiger partial charge in [0.15, 0.2) is 0 Å². The first-order chi connectivity index (χ1) is 9.33. The molecule has 0 saturated carbocycles. The van der Waals surface area contributed by atoms with E-state index >= 15 is 0 Å². The Morgan fingerprint density at radius 2 is 2.26 bits per heavy atom. The van der Waals surface area contributed by atoms with Gasteiger partial charge in [0.25, 0.3) is 0 Å². The van der Waals surface area contributed by atoms with Gasteiger partial charge in [-0.05, 0) is 38.6 Å². The molecule has 2 N–H and O–H groups in total. The zero-order chi connectivity index (χ0) is 13.1. The van der Waals surface area contributed by atoms with Gasteiger partial charge in [0, 0.05) is 12.6 Å². The lowest BCUT2D eigenvalue weighted by Gasteiger charge is -2.32. The van der Waals surface area contributed by atoms with Gasteiger partial charge in [0.05, 0.1) is 17.6 Å². The van der Waals surface area contributed by atoms with Gasteiger partial charge in [0.2, 0.25) is 0 Å². The maximum atomic E-state index is 4.58. The van der Waals surface area contributed by atoms with Gasteiger partial charge in [-0.1, -0.05) is 18.6 Å². The minimum atomic E-state index is 0.679. The zero-order valence-electron chi connectivity index (χ0n) is 11.5. The topological polar surface area (TPSA) is 44.0 Å². The minimum Gasteiger partial charge on any atom is -0.341 e. The summed E-state index contributed by atoms with van der Waals surface area (Å²) in [7, 11) is 2.23. The number of benzene rings is 1. The molecule has 4 heteroatoms. The van der Waals surface area contributed by atoms with Crippen molar-refractivity contribution in [3.05, 3.63) is 30.1 Å². The molecule has 2 aromatic rings. The van der Waals surface area contributed by atoms with E-state index in [2.05, 4.69) is 33.3 Å². The summed E-state index contributed by atoms with van der Waals surface area (Å²) >= 11 is 0. The third-order valence-electron chi connectivity index (χ3n) is 4.03. The molecule has 0 spiro atoms. The summed E-state index contributed by atoms with van der Waals surface area (Å²) in [5.41, 5.74) is 2.17. The van der Waals surface area contributed by atoms with Crippen LogP contribution >= 0.6 is 0 Å². The number of fused-ring (bicyclic) bond motifs is 1. The molecule has 4 nitrogen and oxygen atoms in total. The maximum Gasteiger partial charge on any atom is 0.121 e. The van der Waals surface area contributed by atoms with Crippen LogP contribution in [0.1, 0.15) is 25.1 Å². The van der Waals surface area contributed by atoms with E-state index in [1.165, 1.54) is 25.8 Å². The normalized spacial score (nSPS) is 21.0. The van der Waals surface area contributed by atoms with E-state index in [1.807, 2.05) is 18.2 Å². The number of aromatic nitrogens is 2. The Morgan fingerprint density at radius 3 is 3.11 bits per heavy atom. The third-order valence-corrected chi connectivity index (χ3v) is 4.03. The van der Waals surface area contributed by atoms with E-state index in [0.29, 0.717) is 6.04 Å². The van der Waals surface area contributed by atoms with Crippen molar-refractivity contribution in [1.82, 2.24) is 20.2 Å². The molecule has 1 aromatic heterocycles. The highest BCUT2D eigenvalue weighted by Crippen LogP contribution is 2.14. The smallest absolute Gasteiger partial charge is 0.121 e. The molecule has 0 aliphatic carbocycles. The van der Waals surface area contributed by atoms with E-state index in [9.17, 15) is 0 Å². The van der Waals surface area contributed by atoms with Crippen LogP contribution in [0.5, 0.6) is 0 Å². The Hall–Kier alpha value is -1.39. The van der Waals surface area contributed by atoms with Crippen LogP contribution in [0.25, 0.3) is 11.0 Å². The molecular weight excluding hydrogens is 236 g/mol. The predicted molar refractivity (Wildman–Crippen MR) is 78.1 cm³/mol. The fourth-order valence-corrected chi connectivity index (χ4v) is 2.85. The second-order valence-electron chi connectivity index (χ2n) is 5.46. The molecule has 102 valence electrons. The second-order valence-corrected chi connectivity index (χ2v) is 5.46. The lowest BCUT2D eigenvalue weighted by molar-refractivity contribution is 0.181. The molecule has 1 unspecified atom stereocenters. The summed E-state index contributed by atoms with van der Waals surface area (Å²) in [4.78, 5) is 10.4. The van der Waals surface area contributed by atoms with E-state index in [0.717, 1.165) is 29.9 Å². The van der Waals surface area contributed by atoms with E-state index < -0.39 is 0 Å². The van der Waals surface area contributed by atoms with Crippen LogP contribution in [0.3, 0.4) is 0 Å². The number of para-hydroxylation sites is 2. The number of hydrogen-bond acceptors (Lipinski definition) is 3. The molecule has 19 heavy (non-hydrogen) atoms. The number of piperidine rings is 1. The van der Waals surface area contributed by atoms with Gasteiger partial charge in [-0.2, -0.15) is 0 Å². The van der Waals surface area contributed by atoms with Crippen LogP contribution in [0.15, 0.2) is 24.3 Å². The van der Waals surface area contributed by atoms with Gasteiger partial charge in [-0.15, -0.1) is 0 Å². The van der Waals surface area contributed by atoms with Crippen molar-refractivity contribution in [1.29, 1.82) is 0 Å². The minimum absolute atomic E-state index is 0.679. The highest BCUT2D eigenvalue weighted by Gasteiger charge is 2.18. The number of rotatable bonds is 4. The predicted octanol–water partition coefficient (Wildman–Crippen LogP) is 2.14. The molecule has 3 rings (SSSR count). The molecule has 1 fully saturated rings. The molecule has 1 aliphatic rings. The second kappa shape index (κ2) is 5.72. The number of hydrogen-bond donors (Lipinski definition) is 2. The number of imidazole rings is 1. The average Bonchev–Trinajstić information content (AvgIpc) is 2.83. The number of likely N-dealkylation sites (tertiary alicyclic amines) is 1. The first-order valence-corrected chi connectivity index (χ1v) is 7.17. The summed E-state index contributed by atoms with van der Waals surface area (Å²) in [5.74, 6) is 1.03. The lowest BCUT2D eigenvalue weighted by atomic mass is 10.0. The summed E-state index contributed by atoms with van der Waals surface area (Å²) in [6.07, 6.45) is 4.02. The molecule has 1 atom stereocenters. The van der Waals surface area contributed by atoms with Crippen molar-refractivity contribution < 1.29 is 0 Å². The quantitative estimate of drug-likeness (QED) is 0.883. The van der Waals surface area contributed by atoms with Crippen molar-refractivity contribution >= 4 is 11.0 Å². The molecule has 1 saturated heterocycles. The fraction of sp³-hybridized carbons (Fsp3) is 0.533. The summed E-state index contributed by atoms with van der Waals surface area (Å²) < 4.78 is 0. The van der Waals surface area contributed by atoms with Crippen LogP contribution in [0.2, 0.25) is 0 Å². The van der Waals surface area contributed by atoms with Crippen LogP contribution < -0.4 is 5.32 Å². The largest absolute Gasteiger partial charge is 0.341 e. The van der Waals surface area contributed by atoms with Crippen LogP contribution in [0, 0.1) is 0 Å². The molecular formula is C15H22N4. The van der Waals surface area contributed by atoms with Crippen LogP contribution in [-0.2, 0) is 6.54 Å². The summed E-state index contributed by atoms with van der Waals surface area (Å²) in [6.45, 7) is 3.10. The van der Waals surface area contributed by atoms with Gasteiger partial charge >= 0.3 is 0 Å². The lowest BCUT2D eigenvalue weighted by Crippen LogP contribution is -2.42. The highest BCUT2D eigenvalue weighted by molar-refractivity contribution is 5.74. The van der Waals surface area contributed by atoms with Crippen molar-refractivity contribution in [3.63, 3.8) is 0 Å². The number of H-pyrrole nitrogens is 1. The molecule has 0 amide bonds. The zero-order valence-corrected chi connectivity index (χ0v) is 11.5. The van der Waals surface area contributed by atoms with Crippen molar-refractivity contribution in [3.8, 4) is 0 Å². The Bertz CT molecular complexity index is 501. The SMILES string of the molecule is CN1CCCCC1CNCc1nc2ccccc2[nH]1. The first kappa shape index (κ1) is 12.6. The van der Waals surface area contributed by atoms with Crippen LogP contribution in [-0.4, -0.2) is 41.0 Å². The molecule has 0 bridgehead atoms. The summed E-state index contributed by atoms with van der Waals surface area (Å²) in [5, 5.41) is 3.53. The Labute approximate surface area is 114 Å².